The smallest absolute Gasteiger partial charge is 0.321 e. The Hall–Kier alpha value is -2.60. The second-order valence-electron chi connectivity index (χ2n) is 6.47. The van der Waals surface area contributed by atoms with Crippen LogP contribution in [0.25, 0.3) is 0 Å². The molecule has 6 heteroatoms. The van der Waals surface area contributed by atoms with Crippen LogP contribution in [0.5, 0.6) is 0 Å². The van der Waals surface area contributed by atoms with Crippen LogP contribution in [0.4, 0.5) is 10.5 Å². The third kappa shape index (κ3) is 4.48. The quantitative estimate of drug-likeness (QED) is 0.869. The molecule has 0 atom stereocenters. The molecule has 1 saturated heterocycles. The molecular weight excluding hydrogens is 318 g/mol. The number of ketones is 1. The van der Waals surface area contributed by atoms with E-state index in [-0.39, 0.29) is 11.8 Å². The largest absolute Gasteiger partial charge is 0.461 e. The van der Waals surface area contributed by atoms with E-state index < -0.39 is 0 Å². The molecule has 0 radical (unpaired) electrons. The second-order valence-corrected chi connectivity index (χ2v) is 6.47. The Balaban J connectivity index is 1.50. The number of aryl methyl sites for hydroxylation is 2. The predicted molar refractivity (Wildman–Crippen MR) is 96.0 cm³/mol. The monoisotopic (exact) mass is 341 g/mol. The molecule has 2 heterocycles. The van der Waals surface area contributed by atoms with Crippen LogP contribution >= 0.6 is 0 Å². The first-order valence-electron chi connectivity index (χ1n) is 8.44. The fourth-order valence-electron chi connectivity index (χ4n) is 3.08. The van der Waals surface area contributed by atoms with Crippen LogP contribution in [0.15, 0.2) is 41.0 Å². The van der Waals surface area contributed by atoms with Gasteiger partial charge in [-0.05, 0) is 49.2 Å². The van der Waals surface area contributed by atoms with Crippen LogP contribution < -0.4 is 5.32 Å². The number of rotatable bonds is 4. The van der Waals surface area contributed by atoms with Gasteiger partial charge in [0.15, 0.2) is 5.76 Å². The Morgan fingerprint density at radius 1 is 1.08 bits per heavy atom. The Morgan fingerprint density at radius 2 is 1.76 bits per heavy atom. The van der Waals surface area contributed by atoms with Crippen LogP contribution in [0.3, 0.4) is 0 Å². The molecule has 1 aliphatic rings. The highest BCUT2D eigenvalue weighted by molar-refractivity contribution is 5.95. The fourth-order valence-corrected chi connectivity index (χ4v) is 3.08. The summed E-state index contributed by atoms with van der Waals surface area (Å²) in [7, 11) is 0. The van der Waals surface area contributed by atoms with Gasteiger partial charge in [0.05, 0.1) is 12.8 Å². The molecule has 1 fully saturated rings. The van der Waals surface area contributed by atoms with Crippen molar-refractivity contribution in [2.45, 2.75) is 13.8 Å². The lowest BCUT2D eigenvalue weighted by molar-refractivity contribution is 0.0857. The number of nitrogens with one attached hydrogen (secondary N) is 1. The van der Waals surface area contributed by atoms with Gasteiger partial charge < -0.3 is 14.6 Å². The SMILES string of the molecule is Cc1cc(C)cc(NC(=O)N2CCN(CC(=O)c3ccco3)CC2)c1. The number of anilines is 1. The van der Waals surface area contributed by atoms with Crippen molar-refractivity contribution in [1.29, 1.82) is 0 Å². The molecule has 1 N–H and O–H groups in total. The number of furan rings is 1. The minimum atomic E-state index is -0.0954. The van der Waals surface area contributed by atoms with Gasteiger partial charge in [-0.15, -0.1) is 0 Å². The van der Waals surface area contributed by atoms with Crippen molar-refractivity contribution in [3.05, 3.63) is 53.5 Å². The van der Waals surface area contributed by atoms with Crippen LogP contribution in [0, 0.1) is 13.8 Å². The van der Waals surface area contributed by atoms with E-state index >= 15 is 0 Å². The molecule has 1 aliphatic heterocycles. The summed E-state index contributed by atoms with van der Waals surface area (Å²) in [6, 6.07) is 9.29. The highest BCUT2D eigenvalue weighted by Crippen LogP contribution is 2.15. The number of hydrogen-bond donors (Lipinski definition) is 1. The number of benzene rings is 1. The zero-order valence-electron chi connectivity index (χ0n) is 14.6. The van der Waals surface area contributed by atoms with Gasteiger partial charge in [-0.3, -0.25) is 9.69 Å². The maximum atomic E-state index is 12.4. The fraction of sp³-hybridized carbons (Fsp3) is 0.368. The number of hydrogen-bond acceptors (Lipinski definition) is 4. The number of carbonyl (C=O) groups excluding carboxylic acids is 2. The molecule has 1 aromatic carbocycles. The average molecular weight is 341 g/mol. The van der Waals surface area contributed by atoms with Crippen molar-refractivity contribution in [2.24, 2.45) is 0 Å². The lowest BCUT2D eigenvalue weighted by Gasteiger charge is -2.34. The highest BCUT2D eigenvalue weighted by atomic mass is 16.3. The molecule has 0 bridgehead atoms. The molecule has 3 rings (SSSR count). The number of amides is 2. The summed E-state index contributed by atoms with van der Waals surface area (Å²) in [6.45, 7) is 6.89. The Labute approximate surface area is 147 Å². The van der Waals surface area contributed by atoms with E-state index in [2.05, 4.69) is 11.4 Å². The van der Waals surface area contributed by atoms with E-state index in [1.54, 1.807) is 17.0 Å². The standard InChI is InChI=1S/C19H23N3O3/c1-14-10-15(2)12-16(11-14)20-19(24)22-7-5-21(6-8-22)13-17(23)18-4-3-9-25-18/h3-4,9-12H,5-8,13H2,1-2H3,(H,20,24). The lowest BCUT2D eigenvalue weighted by atomic mass is 10.1. The third-order valence-electron chi connectivity index (χ3n) is 4.30. The van der Waals surface area contributed by atoms with E-state index in [0.29, 0.717) is 38.5 Å². The summed E-state index contributed by atoms with van der Waals surface area (Å²) in [6.07, 6.45) is 1.50. The molecule has 25 heavy (non-hydrogen) atoms. The predicted octanol–water partition coefficient (Wildman–Crippen LogP) is 2.93. The number of urea groups is 1. The molecule has 0 saturated carbocycles. The first-order valence-corrected chi connectivity index (χ1v) is 8.44. The summed E-state index contributed by atoms with van der Waals surface area (Å²) < 4.78 is 5.13. The number of piperazine rings is 1. The Morgan fingerprint density at radius 3 is 2.36 bits per heavy atom. The molecule has 2 amide bonds. The van der Waals surface area contributed by atoms with Crippen molar-refractivity contribution < 1.29 is 14.0 Å². The summed E-state index contributed by atoms with van der Waals surface area (Å²) in [4.78, 5) is 28.3. The van der Waals surface area contributed by atoms with Gasteiger partial charge in [0.1, 0.15) is 0 Å². The molecule has 2 aromatic rings. The van der Waals surface area contributed by atoms with Gasteiger partial charge in [0, 0.05) is 31.9 Å². The molecule has 132 valence electrons. The summed E-state index contributed by atoms with van der Waals surface area (Å²) in [5.74, 6) is 0.355. The van der Waals surface area contributed by atoms with Crippen LogP contribution in [-0.2, 0) is 0 Å². The topological polar surface area (TPSA) is 65.8 Å². The molecule has 6 nitrogen and oxygen atoms in total. The summed E-state index contributed by atoms with van der Waals surface area (Å²) in [5, 5.41) is 2.96. The van der Waals surface area contributed by atoms with Crippen molar-refractivity contribution in [1.82, 2.24) is 9.80 Å². The first-order chi connectivity index (χ1) is 12.0. The maximum absolute atomic E-state index is 12.4. The first kappa shape index (κ1) is 17.2. The zero-order valence-corrected chi connectivity index (χ0v) is 14.6. The third-order valence-corrected chi connectivity index (χ3v) is 4.30. The average Bonchev–Trinajstić information content (AvgIpc) is 3.09. The summed E-state index contributed by atoms with van der Waals surface area (Å²) >= 11 is 0. The maximum Gasteiger partial charge on any atom is 0.321 e. The van der Waals surface area contributed by atoms with E-state index in [1.165, 1.54) is 6.26 Å². The molecule has 1 aromatic heterocycles. The Kier molecular flexibility index (Phi) is 5.19. The minimum absolute atomic E-state index is 0.0295. The van der Waals surface area contributed by atoms with Crippen molar-refractivity contribution in [2.75, 3.05) is 38.0 Å². The van der Waals surface area contributed by atoms with E-state index in [4.69, 9.17) is 4.42 Å². The molecule has 0 aliphatic carbocycles. The van der Waals surface area contributed by atoms with Gasteiger partial charge in [-0.2, -0.15) is 0 Å². The van der Waals surface area contributed by atoms with E-state index in [9.17, 15) is 9.59 Å². The van der Waals surface area contributed by atoms with Crippen molar-refractivity contribution in [3.8, 4) is 0 Å². The van der Waals surface area contributed by atoms with Gasteiger partial charge in [-0.1, -0.05) is 6.07 Å². The number of carbonyl (C=O) groups is 2. The molecular formula is C19H23N3O3. The van der Waals surface area contributed by atoms with E-state index in [0.717, 1.165) is 16.8 Å². The van der Waals surface area contributed by atoms with Crippen LogP contribution in [0.1, 0.15) is 21.7 Å². The summed E-state index contributed by atoms with van der Waals surface area (Å²) in [5.41, 5.74) is 3.06. The number of Topliss-reactive ketones (excluding diaryl/α,β-unsaturated/α-hetero) is 1. The lowest BCUT2D eigenvalue weighted by Crippen LogP contribution is -2.51. The molecule has 0 spiro atoms. The minimum Gasteiger partial charge on any atom is -0.461 e. The van der Waals surface area contributed by atoms with Gasteiger partial charge in [-0.25, -0.2) is 4.79 Å². The van der Waals surface area contributed by atoms with Gasteiger partial charge in [0.2, 0.25) is 5.78 Å². The second kappa shape index (κ2) is 7.53. The normalized spacial score (nSPS) is 15.2. The zero-order chi connectivity index (χ0) is 17.8. The Bertz CT molecular complexity index is 727. The van der Waals surface area contributed by atoms with E-state index in [1.807, 2.05) is 30.9 Å². The number of nitrogens with zero attached hydrogens (tertiary/aromatic N) is 2. The molecule has 0 unspecified atom stereocenters. The van der Waals surface area contributed by atoms with Crippen molar-refractivity contribution >= 4 is 17.5 Å². The van der Waals surface area contributed by atoms with Gasteiger partial charge >= 0.3 is 6.03 Å². The van der Waals surface area contributed by atoms with Crippen LogP contribution in [0.2, 0.25) is 0 Å². The van der Waals surface area contributed by atoms with Crippen molar-refractivity contribution in [3.63, 3.8) is 0 Å². The van der Waals surface area contributed by atoms with Crippen LogP contribution in [-0.4, -0.2) is 54.3 Å². The highest BCUT2D eigenvalue weighted by Gasteiger charge is 2.23. The van der Waals surface area contributed by atoms with Gasteiger partial charge in [0.25, 0.3) is 0 Å².